The van der Waals surface area contributed by atoms with E-state index in [1.54, 1.807) is 0 Å². The van der Waals surface area contributed by atoms with Crippen molar-refractivity contribution in [3.63, 3.8) is 0 Å². The Kier molecular flexibility index (Phi) is 6.86. The molecule has 0 radical (unpaired) electrons. The van der Waals surface area contributed by atoms with E-state index in [0.717, 1.165) is 40.1 Å². The average Bonchev–Trinajstić information content (AvgIpc) is 2.68. The quantitative estimate of drug-likeness (QED) is 0.687. The van der Waals surface area contributed by atoms with E-state index in [0.29, 0.717) is 6.42 Å². The molecular formula is C23H24ClNO2. The molecule has 0 saturated heterocycles. The van der Waals surface area contributed by atoms with Gasteiger partial charge in [0, 0.05) is 11.1 Å². The van der Waals surface area contributed by atoms with Crippen molar-refractivity contribution in [3.05, 3.63) is 88.5 Å². The zero-order chi connectivity index (χ0) is 19.1. The lowest BCUT2D eigenvalue weighted by atomic mass is 9.97. The highest BCUT2D eigenvalue weighted by Crippen LogP contribution is 2.27. The molecule has 2 aromatic rings. The number of nitrogens with two attached hydrogens (primary N) is 1. The normalized spacial score (nSPS) is 14.9. The van der Waals surface area contributed by atoms with Crippen molar-refractivity contribution in [3.8, 4) is 0 Å². The molecule has 2 aromatic carbocycles. The maximum atomic E-state index is 12.0. The van der Waals surface area contributed by atoms with Crippen LogP contribution in [-0.2, 0) is 22.6 Å². The van der Waals surface area contributed by atoms with Crippen molar-refractivity contribution in [1.82, 2.24) is 0 Å². The van der Waals surface area contributed by atoms with Crippen LogP contribution in [0.2, 0.25) is 0 Å². The van der Waals surface area contributed by atoms with E-state index in [2.05, 4.69) is 30.3 Å². The SMILES string of the molecule is NC(CC(=O)OCc1ccccc1)Cc1ccc(C2=CCCC(Cl)=C2)cc1. The smallest absolute Gasteiger partial charge is 0.307 e. The number of ether oxygens (including phenoxy) is 1. The number of carbonyl (C=O) groups is 1. The van der Waals surface area contributed by atoms with Gasteiger partial charge in [-0.15, -0.1) is 0 Å². The molecule has 3 nitrogen and oxygen atoms in total. The molecular weight excluding hydrogens is 358 g/mol. The van der Waals surface area contributed by atoms with Crippen LogP contribution in [0.25, 0.3) is 5.57 Å². The summed E-state index contributed by atoms with van der Waals surface area (Å²) < 4.78 is 5.30. The summed E-state index contributed by atoms with van der Waals surface area (Å²) in [5.74, 6) is -0.268. The number of esters is 1. The number of benzene rings is 2. The van der Waals surface area contributed by atoms with Gasteiger partial charge in [0.25, 0.3) is 0 Å². The summed E-state index contributed by atoms with van der Waals surface area (Å²) in [5, 5.41) is 0.896. The number of carbonyl (C=O) groups excluding carboxylic acids is 1. The van der Waals surface area contributed by atoms with Gasteiger partial charge in [-0.2, -0.15) is 0 Å². The third-order valence-corrected chi connectivity index (χ3v) is 4.81. The van der Waals surface area contributed by atoms with E-state index in [-0.39, 0.29) is 25.0 Å². The van der Waals surface area contributed by atoms with Crippen LogP contribution >= 0.6 is 11.6 Å². The van der Waals surface area contributed by atoms with Crippen molar-refractivity contribution >= 4 is 23.1 Å². The molecule has 0 amide bonds. The molecule has 1 aliphatic carbocycles. The van der Waals surface area contributed by atoms with Crippen molar-refractivity contribution in [2.75, 3.05) is 0 Å². The maximum absolute atomic E-state index is 12.0. The predicted octanol–water partition coefficient (Wildman–Crippen LogP) is 4.99. The zero-order valence-corrected chi connectivity index (χ0v) is 16.0. The van der Waals surface area contributed by atoms with Crippen molar-refractivity contribution < 1.29 is 9.53 Å². The second-order valence-corrected chi connectivity index (χ2v) is 7.29. The summed E-state index contributed by atoms with van der Waals surface area (Å²) in [6, 6.07) is 17.6. The minimum atomic E-state index is -0.268. The molecule has 140 valence electrons. The van der Waals surface area contributed by atoms with Gasteiger partial charge < -0.3 is 10.5 Å². The monoisotopic (exact) mass is 381 g/mol. The molecule has 27 heavy (non-hydrogen) atoms. The third-order valence-electron chi connectivity index (χ3n) is 4.52. The van der Waals surface area contributed by atoms with Gasteiger partial charge in [0.05, 0.1) is 6.42 Å². The molecule has 1 atom stereocenters. The molecule has 1 unspecified atom stereocenters. The summed E-state index contributed by atoms with van der Waals surface area (Å²) in [4.78, 5) is 12.0. The van der Waals surface area contributed by atoms with E-state index in [4.69, 9.17) is 22.1 Å². The fourth-order valence-corrected chi connectivity index (χ4v) is 3.31. The fraction of sp³-hybridized carbons (Fsp3) is 0.261. The minimum absolute atomic E-state index is 0.206. The summed E-state index contributed by atoms with van der Waals surface area (Å²) in [6.45, 7) is 0.284. The van der Waals surface area contributed by atoms with Crippen molar-refractivity contribution in [2.24, 2.45) is 5.73 Å². The molecule has 0 saturated carbocycles. The van der Waals surface area contributed by atoms with Crippen molar-refractivity contribution in [1.29, 1.82) is 0 Å². The van der Waals surface area contributed by atoms with E-state index in [1.807, 2.05) is 36.4 Å². The Bertz CT molecular complexity index is 825. The first-order chi connectivity index (χ1) is 13.1. The summed E-state index contributed by atoms with van der Waals surface area (Å²) in [5.41, 5.74) is 10.5. The van der Waals surface area contributed by atoms with Gasteiger partial charge in [0.15, 0.2) is 0 Å². The Morgan fingerprint density at radius 1 is 1.07 bits per heavy atom. The minimum Gasteiger partial charge on any atom is -0.461 e. The molecule has 0 bridgehead atoms. The lowest BCUT2D eigenvalue weighted by molar-refractivity contribution is -0.145. The van der Waals surface area contributed by atoms with Crippen LogP contribution in [0.5, 0.6) is 0 Å². The number of hydrogen-bond acceptors (Lipinski definition) is 3. The maximum Gasteiger partial charge on any atom is 0.307 e. The van der Waals surface area contributed by atoms with Crippen LogP contribution in [0.3, 0.4) is 0 Å². The molecule has 2 N–H and O–H groups in total. The number of allylic oxidation sites excluding steroid dienone is 4. The Morgan fingerprint density at radius 2 is 1.81 bits per heavy atom. The summed E-state index contributed by atoms with van der Waals surface area (Å²) in [6.07, 6.45) is 6.96. The Labute approximate surface area is 165 Å². The molecule has 3 rings (SSSR count). The lowest BCUT2D eigenvalue weighted by Gasteiger charge is -2.13. The van der Waals surface area contributed by atoms with Crippen LogP contribution in [0.4, 0.5) is 0 Å². The van der Waals surface area contributed by atoms with Gasteiger partial charge in [-0.1, -0.05) is 72.3 Å². The first-order valence-corrected chi connectivity index (χ1v) is 9.58. The van der Waals surface area contributed by atoms with Crippen LogP contribution in [0, 0.1) is 0 Å². The highest BCUT2D eigenvalue weighted by atomic mass is 35.5. The summed E-state index contributed by atoms with van der Waals surface area (Å²) in [7, 11) is 0. The highest BCUT2D eigenvalue weighted by molar-refractivity contribution is 6.30. The molecule has 0 heterocycles. The van der Waals surface area contributed by atoms with E-state index in [1.165, 1.54) is 0 Å². The molecule has 0 aromatic heterocycles. The van der Waals surface area contributed by atoms with E-state index >= 15 is 0 Å². The standard InChI is InChI=1S/C23H24ClNO2/c24-21-8-4-7-20(14-21)19-11-9-17(10-12-19)13-22(25)15-23(26)27-16-18-5-2-1-3-6-18/h1-3,5-7,9-12,14,22H,4,8,13,15-16,25H2. The molecule has 0 aliphatic heterocycles. The lowest BCUT2D eigenvalue weighted by Crippen LogP contribution is -2.27. The van der Waals surface area contributed by atoms with Crippen LogP contribution in [0.15, 0.2) is 71.8 Å². The average molecular weight is 382 g/mol. The number of halogens is 1. The van der Waals surface area contributed by atoms with Gasteiger partial charge in [0.2, 0.25) is 0 Å². The van der Waals surface area contributed by atoms with Crippen LogP contribution in [-0.4, -0.2) is 12.0 Å². The van der Waals surface area contributed by atoms with Gasteiger partial charge in [0.1, 0.15) is 6.61 Å². The molecule has 0 spiro atoms. The van der Waals surface area contributed by atoms with E-state index in [9.17, 15) is 4.79 Å². The predicted molar refractivity (Wildman–Crippen MR) is 110 cm³/mol. The Balaban J connectivity index is 1.48. The molecule has 0 fully saturated rings. The highest BCUT2D eigenvalue weighted by Gasteiger charge is 2.12. The largest absolute Gasteiger partial charge is 0.461 e. The first kappa shape index (κ1) is 19.4. The molecule has 1 aliphatic rings. The van der Waals surface area contributed by atoms with Gasteiger partial charge in [-0.05, 0) is 47.6 Å². The van der Waals surface area contributed by atoms with Gasteiger partial charge in [-0.25, -0.2) is 0 Å². The second-order valence-electron chi connectivity index (χ2n) is 6.80. The Morgan fingerprint density at radius 3 is 2.52 bits per heavy atom. The second kappa shape index (κ2) is 9.54. The third kappa shape index (κ3) is 6.09. The van der Waals surface area contributed by atoms with Gasteiger partial charge >= 0.3 is 5.97 Å². The molecule has 4 heteroatoms. The number of rotatable bonds is 7. The fourth-order valence-electron chi connectivity index (χ4n) is 3.09. The van der Waals surface area contributed by atoms with Gasteiger partial charge in [-0.3, -0.25) is 4.79 Å². The first-order valence-electron chi connectivity index (χ1n) is 9.21. The summed E-state index contributed by atoms with van der Waals surface area (Å²) >= 11 is 6.13. The van der Waals surface area contributed by atoms with Crippen molar-refractivity contribution in [2.45, 2.75) is 38.3 Å². The topological polar surface area (TPSA) is 52.3 Å². The van der Waals surface area contributed by atoms with E-state index < -0.39 is 0 Å². The number of hydrogen-bond donors (Lipinski definition) is 1. The van der Waals surface area contributed by atoms with Crippen LogP contribution in [0.1, 0.15) is 36.0 Å². The van der Waals surface area contributed by atoms with Crippen LogP contribution < -0.4 is 5.73 Å². The Hall–Kier alpha value is -2.36. The zero-order valence-electron chi connectivity index (χ0n) is 15.2.